The van der Waals surface area contributed by atoms with Crippen LogP contribution in [0.4, 0.5) is 5.69 Å². The average molecular weight is 358 g/mol. The number of benzene rings is 1. The summed E-state index contributed by atoms with van der Waals surface area (Å²) in [6.07, 6.45) is -0.296. The third-order valence-corrected chi connectivity index (χ3v) is 4.74. The molecule has 2 fully saturated rings. The Morgan fingerprint density at radius 1 is 1.23 bits per heavy atom. The third-order valence-electron chi connectivity index (χ3n) is 4.74. The molecule has 8 nitrogen and oxygen atoms in total. The lowest BCUT2D eigenvalue weighted by Crippen LogP contribution is -2.66. The molecule has 2 N–H and O–H groups in total. The Morgan fingerprint density at radius 3 is 2.73 bits per heavy atom. The van der Waals surface area contributed by atoms with Crippen molar-refractivity contribution in [2.45, 2.75) is 26.3 Å². The fraction of sp³-hybridized carbons (Fsp3) is 0.444. The highest BCUT2D eigenvalue weighted by atomic mass is 16.2. The Hall–Kier alpha value is -2.90. The number of carbonyl (C=O) groups is 4. The summed E-state index contributed by atoms with van der Waals surface area (Å²) < 4.78 is 0. The van der Waals surface area contributed by atoms with E-state index < -0.39 is 11.9 Å². The van der Waals surface area contributed by atoms with Gasteiger partial charge in [0.25, 0.3) is 0 Å². The second-order valence-corrected chi connectivity index (χ2v) is 6.70. The minimum atomic E-state index is -0.670. The fourth-order valence-corrected chi connectivity index (χ4v) is 3.31. The minimum absolute atomic E-state index is 0.00157. The number of carbonyl (C=O) groups excluding carboxylic acids is 4. The van der Waals surface area contributed by atoms with E-state index in [0.29, 0.717) is 18.8 Å². The number of nitrogens with zero attached hydrogens (tertiary/aromatic N) is 2. The Kier molecular flexibility index (Phi) is 4.92. The summed E-state index contributed by atoms with van der Waals surface area (Å²) in [5, 5.41) is 5.28. The molecule has 0 aliphatic carbocycles. The van der Waals surface area contributed by atoms with Gasteiger partial charge in [-0.25, -0.2) is 0 Å². The molecular formula is C18H22N4O4. The van der Waals surface area contributed by atoms with E-state index in [1.165, 1.54) is 9.80 Å². The van der Waals surface area contributed by atoms with Crippen molar-refractivity contribution in [3.63, 3.8) is 0 Å². The molecule has 2 saturated heterocycles. The molecule has 0 spiro atoms. The molecule has 3 rings (SSSR count). The number of anilines is 1. The molecule has 138 valence electrons. The topological polar surface area (TPSA) is 98.8 Å². The van der Waals surface area contributed by atoms with Crippen LogP contribution in [-0.4, -0.2) is 65.6 Å². The standard InChI is InChI=1S/C18H22N4O4/c1-11-3-4-13(12(2)7-11)20-15(23)8-16(24)21-5-6-22-14(10-21)18(26)19-9-17(22)25/h3-4,7,14H,5-6,8-10H2,1-2H3,(H,19,26)(H,20,23)/t14-/m1/s1. The number of rotatable bonds is 3. The van der Waals surface area contributed by atoms with Gasteiger partial charge in [-0.05, 0) is 25.5 Å². The number of amides is 4. The second-order valence-electron chi connectivity index (χ2n) is 6.70. The summed E-state index contributed by atoms with van der Waals surface area (Å²) in [7, 11) is 0. The number of piperazine rings is 2. The van der Waals surface area contributed by atoms with Gasteiger partial charge in [0.1, 0.15) is 12.5 Å². The predicted octanol–water partition coefficient (Wildman–Crippen LogP) is -0.199. The van der Waals surface area contributed by atoms with Crippen molar-refractivity contribution < 1.29 is 19.2 Å². The number of hydrogen-bond donors (Lipinski definition) is 2. The summed E-state index contributed by atoms with van der Waals surface area (Å²) in [6.45, 7) is 4.61. The van der Waals surface area contributed by atoms with E-state index in [1.54, 1.807) is 0 Å². The van der Waals surface area contributed by atoms with Crippen molar-refractivity contribution in [2.24, 2.45) is 0 Å². The maximum atomic E-state index is 12.4. The summed E-state index contributed by atoms with van der Waals surface area (Å²) in [5.74, 6) is -1.15. The largest absolute Gasteiger partial charge is 0.345 e. The van der Waals surface area contributed by atoms with Crippen LogP contribution >= 0.6 is 0 Å². The van der Waals surface area contributed by atoms with Crippen molar-refractivity contribution in [1.82, 2.24) is 15.1 Å². The monoisotopic (exact) mass is 358 g/mol. The molecular weight excluding hydrogens is 336 g/mol. The molecule has 1 aromatic rings. The summed E-state index contributed by atoms with van der Waals surface area (Å²) >= 11 is 0. The normalized spacial score (nSPS) is 19.7. The zero-order chi connectivity index (χ0) is 18.8. The third kappa shape index (κ3) is 3.68. The molecule has 2 aliphatic heterocycles. The number of hydrogen-bond acceptors (Lipinski definition) is 4. The van der Waals surface area contributed by atoms with E-state index >= 15 is 0 Å². The van der Waals surface area contributed by atoms with E-state index in [4.69, 9.17) is 0 Å². The predicted molar refractivity (Wildman–Crippen MR) is 94.3 cm³/mol. The summed E-state index contributed by atoms with van der Waals surface area (Å²) in [6, 6.07) is 4.98. The van der Waals surface area contributed by atoms with Gasteiger partial charge in [-0.2, -0.15) is 0 Å². The van der Waals surface area contributed by atoms with Gasteiger partial charge in [0, 0.05) is 18.8 Å². The highest BCUT2D eigenvalue weighted by molar-refractivity contribution is 6.04. The quantitative estimate of drug-likeness (QED) is 0.731. The SMILES string of the molecule is Cc1ccc(NC(=O)CC(=O)N2CCN3C(=O)CNC(=O)[C@H]3C2)c(C)c1. The smallest absolute Gasteiger partial charge is 0.245 e. The first-order chi connectivity index (χ1) is 12.3. The van der Waals surface area contributed by atoms with Crippen molar-refractivity contribution in [2.75, 3.05) is 31.5 Å². The molecule has 2 aliphatic rings. The molecule has 26 heavy (non-hydrogen) atoms. The second kappa shape index (κ2) is 7.15. The summed E-state index contributed by atoms with van der Waals surface area (Å²) in [4.78, 5) is 51.4. The van der Waals surface area contributed by atoms with E-state index in [0.717, 1.165) is 11.1 Å². The Balaban J connectivity index is 1.58. The van der Waals surface area contributed by atoms with Crippen LogP contribution in [0.5, 0.6) is 0 Å². The average Bonchev–Trinajstić information content (AvgIpc) is 2.60. The lowest BCUT2D eigenvalue weighted by molar-refractivity contribution is -0.152. The molecule has 0 unspecified atom stereocenters. The lowest BCUT2D eigenvalue weighted by atomic mass is 10.1. The van der Waals surface area contributed by atoms with E-state index in [9.17, 15) is 19.2 Å². The summed E-state index contributed by atoms with van der Waals surface area (Å²) in [5.41, 5.74) is 2.70. The molecule has 0 saturated carbocycles. The Labute approximate surface area is 151 Å². The highest BCUT2D eigenvalue weighted by Gasteiger charge is 2.39. The zero-order valence-corrected chi connectivity index (χ0v) is 14.9. The van der Waals surface area contributed by atoms with Crippen LogP contribution in [0.15, 0.2) is 18.2 Å². The van der Waals surface area contributed by atoms with Gasteiger partial charge in [-0.1, -0.05) is 17.7 Å². The Bertz CT molecular complexity index is 776. The lowest BCUT2D eigenvalue weighted by Gasteiger charge is -2.42. The maximum Gasteiger partial charge on any atom is 0.245 e. The van der Waals surface area contributed by atoms with E-state index in [2.05, 4.69) is 10.6 Å². The molecule has 4 amide bonds. The molecule has 2 heterocycles. The highest BCUT2D eigenvalue weighted by Crippen LogP contribution is 2.17. The van der Waals surface area contributed by atoms with Crippen molar-refractivity contribution >= 4 is 29.3 Å². The van der Waals surface area contributed by atoms with Gasteiger partial charge in [-0.15, -0.1) is 0 Å². The van der Waals surface area contributed by atoms with Gasteiger partial charge in [-0.3, -0.25) is 19.2 Å². The first kappa shape index (κ1) is 17.9. The van der Waals surface area contributed by atoms with Gasteiger partial charge in [0.05, 0.1) is 13.1 Å². The molecule has 1 aromatic carbocycles. The zero-order valence-electron chi connectivity index (χ0n) is 14.9. The fourth-order valence-electron chi connectivity index (χ4n) is 3.31. The van der Waals surface area contributed by atoms with Gasteiger partial charge >= 0.3 is 0 Å². The van der Waals surface area contributed by atoms with Crippen molar-refractivity contribution in [3.05, 3.63) is 29.3 Å². The van der Waals surface area contributed by atoms with Crippen LogP contribution in [0.3, 0.4) is 0 Å². The first-order valence-corrected chi connectivity index (χ1v) is 8.57. The molecule has 0 bridgehead atoms. The maximum absolute atomic E-state index is 12.4. The van der Waals surface area contributed by atoms with E-state index in [-0.39, 0.29) is 37.2 Å². The van der Waals surface area contributed by atoms with Crippen LogP contribution in [0.2, 0.25) is 0 Å². The molecule has 0 aromatic heterocycles. The van der Waals surface area contributed by atoms with Gasteiger partial charge in [0.15, 0.2) is 0 Å². The first-order valence-electron chi connectivity index (χ1n) is 8.57. The molecule has 0 radical (unpaired) electrons. The van der Waals surface area contributed by atoms with Crippen LogP contribution in [0.25, 0.3) is 0 Å². The van der Waals surface area contributed by atoms with E-state index in [1.807, 2.05) is 32.0 Å². The van der Waals surface area contributed by atoms with Crippen molar-refractivity contribution in [3.8, 4) is 0 Å². The Morgan fingerprint density at radius 2 is 2.00 bits per heavy atom. The number of aryl methyl sites for hydroxylation is 2. The van der Waals surface area contributed by atoms with Gasteiger partial charge in [0.2, 0.25) is 23.6 Å². The van der Waals surface area contributed by atoms with Crippen LogP contribution in [-0.2, 0) is 19.2 Å². The van der Waals surface area contributed by atoms with Gasteiger partial charge < -0.3 is 20.4 Å². The van der Waals surface area contributed by atoms with Crippen LogP contribution < -0.4 is 10.6 Å². The molecule has 8 heteroatoms. The number of fused-ring (bicyclic) bond motifs is 1. The van der Waals surface area contributed by atoms with Crippen LogP contribution in [0.1, 0.15) is 17.5 Å². The number of nitrogens with one attached hydrogen (secondary N) is 2. The minimum Gasteiger partial charge on any atom is -0.345 e. The van der Waals surface area contributed by atoms with Crippen molar-refractivity contribution in [1.29, 1.82) is 0 Å². The van der Waals surface area contributed by atoms with Crippen LogP contribution in [0, 0.1) is 13.8 Å². The molecule has 1 atom stereocenters.